The average Bonchev–Trinajstić information content (AvgIpc) is 2.92. The maximum atomic E-state index is 12.6. The first kappa shape index (κ1) is 17.5. The number of aryl methyl sites for hydroxylation is 3. The number of benzene rings is 2. The number of nitrogens with zero attached hydrogens (tertiary/aromatic N) is 1. The standard InChI is InChI=1S/C20H21ClN2O2/c1-12-4-7-18(14(3)8-12)23-11-15(10-19(23)24)20(25)22-17-6-5-16(21)9-13(17)2/h4-9,15H,10-11H2,1-3H3,(H,22,25). The summed E-state index contributed by atoms with van der Waals surface area (Å²) in [6.07, 6.45) is 0.228. The van der Waals surface area contributed by atoms with Gasteiger partial charge in [-0.15, -0.1) is 0 Å². The van der Waals surface area contributed by atoms with Crippen molar-refractivity contribution in [3.8, 4) is 0 Å². The Morgan fingerprint density at radius 2 is 1.88 bits per heavy atom. The first-order valence-electron chi connectivity index (χ1n) is 8.30. The molecule has 0 aliphatic carbocycles. The van der Waals surface area contributed by atoms with E-state index in [9.17, 15) is 9.59 Å². The van der Waals surface area contributed by atoms with Gasteiger partial charge in [0.1, 0.15) is 0 Å². The minimum Gasteiger partial charge on any atom is -0.326 e. The van der Waals surface area contributed by atoms with E-state index in [1.807, 2.05) is 39.0 Å². The maximum Gasteiger partial charge on any atom is 0.229 e. The van der Waals surface area contributed by atoms with Crippen LogP contribution in [0, 0.1) is 26.7 Å². The van der Waals surface area contributed by atoms with Crippen molar-refractivity contribution in [2.45, 2.75) is 27.2 Å². The van der Waals surface area contributed by atoms with Crippen LogP contribution in [-0.4, -0.2) is 18.4 Å². The van der Waals surface area contributed by atoms with Gasteiger partial charge in [-0.3, -0.25) is 9.59 Å². The molecule has 1 saturated heterocycles. The highest BCUT2D eigenvalue weighted by Gasteiger charge is 2.35. The van der Waals surface area contributed by atoms with Crippen molar-refractivity contribution < 1.29 is 9.59 Å². The fourth-order valence-corrected chi connectivity index (χ4v) is 3.45. The molecule has 2 aromatic rings. The third-order valence-electron chi connectivity index (χ3n) is 4.59. The van der Waals surface area contributed by atoms with Crippen molar-refractivity contribution >= 4 is 34.8 Å². The van der Waals surface area contributed by atoms with Crippen molar-refractivity contribution in [1.29, 1.82) is 0 Å². The minimum atomic E-state index is -0.358. The summed E-state index contributed by atoms with van der Waals surface area (Å²) in [5.41, 5.74) is 4.71. The second-order valence-electron chi connectivity index (χ2n) is 6.64. The molecule has 1 N–H and O–H groups in total. The summed E-state index contributed by atoms with van der Waals surface area (Å²) in [6, 6.07) is 11.3. The van der Waals surface area contributed by atoms with Gasteiger partial charge in [0.05, 0.1) is 5.92 Å². The van der Waals surface area contributed by atoms with Gasteiger partial charge < -0.3 is 10.2 Å². The van der Waals surface area contributed by atoms with E-state index in [-0.39, 0.29) is 24.2 Å². The van der Waals surface area contributed by atoms with Crippen LogP contribution in [0.25, 0.3) is 0 Å². The fourth-order valence-electron chi connectivity index (χ4n) is 3.23. The Balaban J connectivity index is 1.74. The van der Waals surface area contributed by atoms with Crippen molar-refractivity contribution in [1.82, 2.24) is 0 Å². The third kappa shape index (κ3) is 3.69. The van der Waals surface area contributed by atoms with Gasteiger partial charge in [0.2, 0.25) is 11.8 Å². The van der Waals surface area contributed by atoms with Gasteiger partial charge in [-0.05, 0) is 56.2 Å². The molecule has 5 heteroatoms. The van der Waals surface area contributed by atoms with Crippen molar-refractivity contribution in [3.63, 3.8) is 0 Å². The van der Waals surface area contributed by atoms with Crippen LogP contribution in [0.2, 0.25) is 5.02 Å². The van der Waals surface area contributed by atoms with E-state index in [2.05, 4.69) is 5.32 Å². The summed E-state index contributed by atoms with van der Waals surface area (Å²) < 4.78 is 0. The molecule has 2 aromatic carbocycles. The van der Waals surface area contributed by atoms with E-state index < -0.39 is 0 Å². The largest absolute Gasteiger partial charge is 0.326 e. The Bertz CT molecular complexity index is 848. The average molecular weight is 357 g/mol. The summed E-state index contributed by atoms with van der Waals surface area (Å²) in [4.78, 5) is 26.7. The molecule has 0 spiro atoms. The van der Waals surface area contributed by atoms with Gasteiger partial charge in [0.25, 0.3) is 0 Å². The van der Waals surface area contributed by atoms with Gasteiger partial charge in [-0.2, -0.15) is 0 Å². The second-order valence-corrected chi connectivity index (χ2v) is 7.08. The number of carbonyl (C=O) groups excluding carboxylic acids is 2. The monoisotopic (exact) mass is 356 g/mol. The topological polar surface area (TPSA) is 49.4 Å². The molecule has 2 amide bonds. The molecule has 3 rings (SSSR count). The Morgan fingerprint density at radius 1 is 1.12 bits per heavy atom. The van der Waals surface area contributed by atoms with Crippen LogP contribution in [0.3, 0.4) is 0 Å². The van der Waals surface area contributed by atoms with Crippen LogP contribution in [0.1, 0.15) is 23.1 Å². The van der Waals surface area contributed by atoms with Gasteiger partial charge in [0, 0.05) is 29.4 Å². The number of rotatable bonds is 3. The van der Waals surface area contributed by atoms with Crippen molar-refractivity contribution in [2.75, 3.05) is 16.8 Å². The van der Waals surface area contributed by atoms with Crippen LogP contribution < -0.4 is 10.2 Å². The lowest BCUT2D eigenvalue weighted by Crippen LogP contribution is -2.28. The van der Waals surface area contributed by atoms with Crippen molar-refractivity contribution in [2.24, 2.45) is 5.92 Å². The Morgan fingerprint density at radius 3 is 2.56 bits per heavy atom. The quantitative estimate of drug-likeness (QED) is 0.893. The number of nitrogens with one attached hydrogen (secondary N) is 1. The predicted molar refractivity (Wildman–Crippen MR) is 101 cm³/mol. The van der Waals surface area contributed by atoms with Crippen molar-refractivity contribution in [3.05, 3.63) is 58.1 Å². The number of amides is 2. The molecule has 1 heterocycles. The van der Waals surface area contributed by atoms with Gasteiger partial charge in [-0.1, -0.05) is 29.3 Å². The van der Waals surface area contributed by atoms with Crippen LogP contribution in [-0.2, 0) is 9.59 Å². The third-order valence-corrected chi connectivity index (χ3v) is 4.82. The van der Waals surface area contributed by atoms with Crippen LogP contribution >= 0.6 is 11.6 Å². The Labute approximate surface area is 152 Å². The molecule has 25 heavy (non-hydrogen) atoms. The maximum absolute atomic E-state index is 12.6. The highest BCUT2D eigenvalue weighted by Crippen LogP contribution is 2.29. The molecule has 130 valence electrons. The Kier molecular flexibility index (Phi) is 4.82. The molecule has 0 aromatic heterocycles. The second kappa shape index (κ2) is 6.89. The van der Waals surface area contributed by atoms with Crippen LogP contribution in [0.5, 0.6) is 0 Å². The number of carbonyl (C=O) groups is 2. The van der Waals surface area contributed by atoms with E-state index in [1.165, 1.54) is 0 Å². The summed E-state index contributed by atoms with van der Waals surface area (Å²) in [6.45, 7) is 6.30. The molecule has 0 saturated carbocycles. The lowest BCUT2D eigenvalue weighted by molar-refractivity contribution is -0.122. The summed E-state index contributed by atoms with van der Waals surface area (Å²) >= 11 is 5.95. The number of hydrogen-bond donors (Lipinski definition) is 1. The Hall–Kier alpha value is -2.33. The molecule has 1 fully saturated rings. The minimum absolute atomic E-state index is 0.0140. The number of hydrogen-bond acceptors (Lipinski definition) is 2. The van der Waals surface area contributed by atoms with Gasteiger partial charge in [0.15, 0.2) is 0 Å². The van der Waals surface area contributed by atoms with E-state index in [0.29, 0.717) is 11.6 Å². The molecular weight excluding hydrogens is 336 g/mol. The highest BCUT2D eigenvalue weighted by atomic mass is 35.5. The summed E-state index contributed by atoms with van der Waals surface area (Å²) in [5.74, 6) is -0.505. The van der Waals surface area contributed by atoms with Crippen LogP contribution in [0.4, 0.5) is 11.4 Å². The van der Waals surface area contributed by atoms with Crippen LogP contribution in [0.15, 0.2) is 36.4 Å². The predicted octanol–water partition coefficient (Wildman–Crippen LogP) is 4.26. The van der Waals surface area contributed by atoms with E-state index in [1.54, 1.807) is 23.1 Å². The smallest absolute Gasteiger partial charge is 0.229 e. The zero-order valence-electron chi connectivity index (χ0n) is 14.6. The van der Waals surface area contributed by atoms with E-state index in [4.69, 9.17) is 11.6 Å². The molecule has 1 aliphatic rings. The number of halogens is 1. The molecular formula is C20H21ClN2O2. The lowest BCUT2D eigenvalue weighted by Gasteiger charge is -2.19. The molecule has 0 bridgehead atoms. The molecule has 4 nitrogen and oxygen atoms in total. The first-order valence-corrected chi connectivity index (χ1v) is 8.67. The van der Waals surface area contributed by atoms with Gasteiger partial charge in [-0.25, -0.2) is 0 Å². The normalized spacial score (nSPS) is 17.0. The molecule has 1 unspecified atom stereocenters. The fraction of sp³-hybridized carbons (Fsp3) is 0.300. The highest BCUT2D eigenvalue weighted by molar-refractivity contribution is 6.30. The SMILES string of the molecule is Cc1ccc(N2CC(C(=O)Nc3ccc(Cl)cc3C)CC2=O)c(C)c1. The lowest BCUT2D eigenvalue weighted by atomic mass is 10.1. The zero-order chi connectivity index (χ0) is 18.1. The molecule has 1 aliphatic heterocycles. The molecule has 0 radical (unpaired) electrons. The summed E-state index contributed by atoms with van der Waals surface area (Å²) in [7, 11) is 0. The first-order chi connectivity index (χ1) is 11.8. The van der Waals surface area contributed by atoms with E-state index >= 15 is 0 Å². The van der Waals surface area contributed by atoms with Gasteiger partial charge >= 0.3 is 0 Å². The zero-order valence-corrected chi connectivity index (χ0v) is 15.4. The van der Waals surface area contributed by atoms with E-state index in [0.717, 1.165) is 28.1 Å². The number of anilines is 2. The molecule has 1 atom stereocenters. The summed E-state index contributed by atoms with van der Waals surface area (Å²) in [5, 5.41) is 3.55.